The summed E-state index contributed by atoms with van der Waals surface area (Å²) in [7, 11) is 1.90. The molecule has 0 radical (unpaired) electrons. The Morgan fingerprint density at radius 2 is 2.11 bits per heavy atom. The molecule has 0 atom stereocenters. The maximum Gasteiger partial charge on any atom is 0.234 e. The number of piperidine rings is 1. The van der Waals surface area contributed by atoms with Gasteiger partial charge in [-0.25, -0.2) is 15.0 Å². The van der Waals surface area contributed by atoms with Crippen molar-refractivity contribution in [1.82, 2.24) is 24.8 Å². The number of nitrogens with zero attached hydrogens (tertiary/aromatic N) is 5. The molecule has 0 aromatic carbocycles. The van der Waals surface area contributed by atoms with Crippen LogP contribution in [-0.4, -0.2) is 39.2 Å². The van der Waals surface area contributed by atoms with Crippen LogP contribution in [0.25, 0.3) is 22.3 Å². The summed E-state index contributed by atoms with van der Waals surface area (Å²) in [5, 5.41) is 13.5. The van der Waals surface area contributed by atoms with Gasteiger partial charge in [-0.2, -0.15) is 5.26 Å². The summed E-state index contributed by atoms with van der Waals surface area (Å²) < 4.78 is 7.86. The summed E-state index contributed by atoms with van der Waals surface area (Å²) in [5.41, 5.74) is 3.28. The topological polar surface area (TPSA) is 88.7 Å². The van der Waals surface area contributed by atoms with Crippen LogP contribution < -0.4 is 10.1 Å². The van der Waals surface area contributed by atoms with Crippen LogP contribution in [-0.2, 0) is 7.05 Å². The number of nitriles is 1. The van der Waals surface area contributed by atoms with Crippen LogP contribution in [0.3, 0.4) is 0 Å². The zero-order valence-electron chi connectivity index (χ0n) is 16.0. The van der Waals surface area contributed by atoms with Gasteiger partial charge in [-0.15, -0.1) is 12.4 Å². The van der Waals surface area contributed by atoms with Crippen LogP contribution in [0.2, 0.25) is 0 Å². The molecule has 3 aromatic heterocycles. The molecule has 1 N–H and O–H groups in total. The number of aromatic nitrogens is 4. The Bertz CT molecular complexity index is 1020. The van der Waals surface area contributed by atoms with Crippen LogP contribution in [0.4, 0.5) is 0 Å². The Hall–Kier alpha value is -2.69. The lowest BCUT2D eigenvalue weighted by Crippen LogP contribution is -2.30. The highest BCUT2D eigenvalue weighted by Crippen LogP contribution is 2.29. The average molecular weight is 399 g/mol. The first kappa shape index (κ1) is 20.1. The molecule has 28 heavy (non-hydrogen) atoms. The number of rotatable bonds is 4. The molecule has 146 valence electrons. The van der Waals surface area contributed by atoms with E-state index in [2.05, 4.69) is 20.3 Å². The van der Waals surface area contributed by atoms with Gasteiger partial charge in [-0.3, -0.25) is 0 Å². The van der Waals surface area contributed by atoms with Crippen molar-refractivity contribution in [1.29, 1.82) is 5.26 Å². The van der Waals surface area contributed by atoms with Crippen LogP contribution >= 0.6 is 12.4 Å². The molecule has 0 amide bonds. The second-order valence-corrected chi connectivity index (χ2v) is 7.02. The van der Waals surface area contributed by atoms with Gasteiger partial charge in [0.05, 0.1) is 12.3 Å². The Morgan fingerprint density at radius 3 is 2.82 bits per heavy atom. The van der Waals surface area contributed by atoms with E-state index in [-0.39, 0.29) is 18.2 Å². The fraction of sp³-hybridized carbons (Fsp3) is 0.400. The lowest BCUT2D eigenvalue weighted by molar-refractivity contribution is 0.208. The summed E-state index contributed by atoms with van der Waals surface area (Å²) in [4.78, 5) is 13.2. The van der Waals surface area contributed by atoms with Crippen molar-refractivity contribution >= 4 is 23.4 Å². The summed E-state index contributed by atoms with van der Waals surface area (Å²) >= 11 is 0. The standard InChI is InChI=1S/C20H22N6O.ClH/c1-13-9-15(11-23-20(13)27-12-14-3-6-22-7-4-14)18-16-5-8-26(2)19(16)25-17(10-21)24-18;/h5,8-9,11,14,22H,3-4,6-7,12H2,1-2H3;1H. The minimum atomic E-state index is 0. The van der Waals surface area contributed by atoms with Crippen molar-refractivity contribution in [2.24, 2.45) is 13.0 Å². The van der Waals surface area contributed by atoms with Gasteiger partial charge in [0, 0.05) is 36.0 Å². The fourth-order valence-electron chi connectivity index (χ4n) is 3.49. The lowest BCUT2D eigenvalue weighted by atomic mass is 9.99. The molecule has 0 aliphatic carbocycles. The number of halogens is 1. The van der Waals surface area contributed by atoms with E-state index in [0.717, 1.165) is 53.8 Å². The number of hydrogen-bond acceptors (Lipinski definition) is 6. The van der Waals surface area contributed by atoms with Crippen molar-refractivity contribution in [3.63, 3.8) is 0 Å². The molecule has 1 aliphatic heterocycles. The van der Waals surface area contributed by atoms with E-state index < -0.39 is 0 Å². The van der Waals surface area contributed by atoms with E-state index >= 15 is 0 Å². The summed E-state index contributed by atoms with van der Waals surface area (Å²) in [5.74, 6) is 1.40. The normalized spacial score (nSPS) is 14.5. The predicted molar refractivity (Wildman–Crippen MR) is 110 cm³/mol. The van der Waals surface area contributed by atoms with Crippen LogP contribution in [0.15, 0.2) is 24.5 Å². The van der Waals surface area contributed by atoms with Gasteiger partial charge in [0.2, 0.25) is 11.7 Å². The van der Waals surface area contributed by atoms with Gasteiger partial charge in [-0.1, -0.05) is 0 Å². The van der Waals surface area contributed by atoms with E-state index in [9.17, 15) is 5.26 Å². The number of pyridine rings is 1. The first-order valence-corrected chi connectivity index (χ1v) is 9.19. The Balaban J connectivity index is 0.00000225. The van der Waals surface area contributed by atoms with Crippen molar-refractivity contribution < 1.29 is 4.74 Å². The van der Waals surface area contributed by atoms with Gasteiger partial charge in [0.25, 0.3) is 0 Å². The third-order valence-electron chi connectivity index (χ3n) is 5.04. The lowest BCUT2D eigenvalue weighted by Gasteiger charge is -2.22. The largest absolute Gasteiger partial charge is 0.477 e. The average Bonchev–Trinajstić information content (AvgIpc) is 3.08. The second-order valence-electron chi connectivity index (χ2n) is 7.02. The van der Waals surface area contributed by atoms with Crippen LogP contribution in [0.1, 0.15) is 24.2 Å². The van der Waals surface area contributed by atoms with E-state index in [1.54, 1.807) is 6.20 Å². The quantitative estimate of drug-likeness (QED) is 0.726. The second kappa shape index (κ2) is 8.55. The molecular formula is C20H23ClN6O. The first-order chi connectivity index (χ1) is 13.2. The Morgan fingerprint density at radius 1 is 1.32 bits per heavy atom. The number of ether oxygens (including phenoxy) is 1. The molecule has 0 bridgehead atoms. The number of nitrogens with one attached hydrogen (secondary N) is 1. The molecule has 1 saturated heterocycles. The number of aryl methyl sites for hydroxylation is 2. The smallest absolute Gasteiger partial charge is 0.234 e. The van der Waals surface area contributed by atoms with Crippen molar-refractivity contribution in [2.75, 3.05) is 19.7 Å². The van der Waals surface area contributed by atoms with Gasteiger partial charge >= 0.3 is 0 Å². The molecular weight excluding hydrogens is 376 g/mol. The maximum absolute atomic E-state index is 9.26. The van der Waals surface area contributed by atoms with Crippen molar-refractivity contribution in [2.45, 2.75) is 19.8 Å². The van der Waals surface area contributed by atoms with Gasteiger partial charge in [0.15, 0.2) is 0 Å². The zero-order chi connectivity index (χ0) is 18.8. The van der Waals surface area contributed by atoms with Gasteiger partial charge < -0.3 is 14.6 Å². The molecule has 0 saturated carbocycles. The molecule has 1 fully saturated rings. The highest BCUT2D eigenvalue weighted by Gasteiger charge is 2.16. The highest BCUT2D eigenvalue weighted by atomic mass is 35.5. The molecule has 4 rings (SSSR count). The molecule has 3 aromatic rings. The van der Waals surface area contributed by atoms with E-state index in [0.29, 0.717) is 18.4 Å². The summed E-state index contributed by atoms with van der Waals surface area (Å²) in [6, 6.07) is 6.02. The Kier molecular flexibility index (Phi) is 6.12. The van der Waals surface area contributed by atoms with Gasteiger partial charge in [-0.05, 0) is 50.9 Å². The zero-order valence-corrected chi connectivity index (χ0v) is 16.8. The SMILES string of the molecule is Cc1cc(-c2nc(C#N)nc3c2ccn3C)cnc1OCC1CCNCC1.Cl. The van der Waals surface area contributed by atoms with E-state index in [4.69, 9.17) is 4.74 Å². The van der Waals surface area contributed by atoms with E-state index in [1.165, 1.54) is 0 Å². The third kappa shape index (κ3) is 3.93. The predicted octanol–water partition coefficient (Wildman–Crippen LogP) is 3.01. The molecule has 7 nitrogen and oxygen atoms in total. The third-order valence-corrected chi connectivity index (χ3v) is 5.04. The molecule has 4 heterocycles. The highest BCUT2D eigenvalue weighted by molar-refractivity contribution is 5.91. The van der Waals surface area contributed by atoms with E-state index in [1.807, 2.05) is 42.9 Å². The minimum absolute atomic E-state index is 0. The molecule has 1 aliphatic rings. The number of fused-ring (bicyclic) bond motifs is 1. The first-order valence-electron chi connectivity index (χ1n) is 9.19. The van der Waals surface area contributed by atoms with Crippen molar-refractivity contribution in [3.05, 3.63) is 35.9 Å². The monoisotopic (exact) mass is 398 g/mol. The fourth-order valence-corrected chi connectivity index (χ4v) is 3.49. The minimum Gasteiger partial charge on any atom is -0.477 e. The Labute approximate surface area is 170 Å². The summed E-state index contributed by atoms with van der Waals surface area (Å²) in [6.45, 7) is 4.80. The van der Waals surface area contributed by atoms with Crippen molar-refractivity contribution in [3.8, 4) is 23.2 Å². The summed E-state index contributed by atoms with van der Waals surface area (Å²) in [6.07, 6.45) is 5.96. The molecule has 8 heteroatoms. The van der Waals surface area contributed by atoms with Crippen LogP contribution in [0.5, 0.6) is 5.88 Å². The number of hydrogen-bond donors (Lipinski definition) is 1. The molecule has 0 unspecified atom stereocenters. The molecule has 0 spiro atoms. The maximum atomic E-state index is 9.26. The van der Waals surface area contributed by atoms with Gasteiger partial charge in [0.1, 0.15) is 11.7 Å². The van der Waals surface area contributed by atoms with Crippen LogP contribution in [0, 0.1) is 24.2 Å².